The number of nitrogens with zero attached hydrogens (tertiary/aromatic N) is 3. The number of aromatic nitrogens is 3. The third kappa shape index (κ3) is 4.96. The van der Waals surface area contributed by atoms with Crippen molar-refractivity contribution in [3.63, 3.8) is 0 Å². The summed E-state index contributed by atoms with van der Waals surface area (Å²) in [5, 5.41) is 6.59. The summed E-state index contributed by atoms with van der Waals surface area (Å²) in [7, 11) is 0. The lowest BCUT2D eigenvalue weighted by Gasteiger charge is -2.13. The van der Waals surface area contributed by atoms with E-state index in [-0.39, 0.29) is 0 Å². The van der Waals surface area contributed by atoms with Gasteiger partial charge in [-0.3, -0.25) is 0 Å². The molecule has 0 atom stereocenters. The number of benzene rings is 8. The van der Waals surface area contributed by atoms with Gasteiger partial charge in [-0.1, -0.05) is 146 Å². The van der Waals surface area contributed by atoms with Gasteiger partial charge in [0.25, 0.3) is 0 Å². The number of hydrogen-bond acceptors (Lipinski definition) is 4. The first-order valence-corrected chi connectivity index (χ1v) is 17.1. The maximum Gasteiger partial charge on any atom is 0.164 e. The average molecular weight is 652 g/mol. The Balaban J connectivity index is 1.27. The Morgan fingerprint density at radius 3 is 1.65 bits per heavy atom. The predicted molar refractivity (Wildman–Crippen MR) is 209 cm³/mol. The van der Waals surface area contributed by atoms with E-state index in [9.17, 15) is 0 Å². The molecular weight excluding hydrogens is 623 g/mol. The van der Waals surface area contributed by atoms with Gasteiger partial charge in [0.2, 0.25) is 0 Å². The fourth-order valence-corrected chi connectivity index (χ4v) is 7.29. The van der Waals surface area contributed by atoms with E-state index in [2.05, 4.69) is 133 Å². The minimum absolute atomic E-state index is 0.593. The Morgan fingerprint density at radius 1 is 0.333 bits per heavy atom. The van der Waals surface area contributed by atoms with Crippen LogP contribution >= 0.6 is 0 Å². The lowest BCUT2D eigenvalue weighted by molar-refractivity contribution is 0.670. The van der Waals surface area contributed by atoms with Crippen LogP contribution in [0, 0.1) is 0 Å². The van der Waals surface area contributed by atoms with Crippen molar-refractivity contribution in [2.24, 2.45) is 0 Å². The molecule has 4 nitrogen and oxygen atoms in total. The van der Waals surface area contributed by atoms with E-state index in [4.69, 9.17) is 19.4 Å². The van der Waals surface area contributed by atoms with Gasteiger partial charge in [0.05, 0.1) is 0 Å². The van der Waals surface area contributed by atoms with Crippen molar-refractivity contribution in [3.05, 3.63) is 176 Å². The van der Waals surface area contributed by atoms with E-state index >= 15 is 0 Å². The van der Waals surface area contributed by atoms with Crippen LogP contribution in [0.2, 0.25) is 0 Å². The maximum absolute atomic E-state index is 6.83. The number of fused-ring (bicyclic) bond motifs is 6. The second kappa shape index (κ2) is 11.9. The second-order valence-electron chi connectivity index (χ2n) is 12.8. The monoisotopic (exact) mass is 651 g/mol. The Bertz CT molecular complexity index is 2900. The van der Waals surface area contributed by atoms with Crippen molar-refractivity contribution in [3.8, 4) is 56.4 Å². The maximum atomic E-state index is 6.83. The van der Waals surface area contributed by atoms with E-state index in [1.807, 2.05) is 42.5 Å². The van der Waals surface area contributed by atoms with Gasteiger partial charge >= 0.3 is 0 Å². The van der Waals surface area contributed by atoms with E-state index in [1.54, 1.807) is 0 Å². The molecule has 4 heteroatoms. The molecule has 0 radical (unpaired) electrons. The Hall–Kier alpha value is -6.91. The molecule has 10 rings (SSSR count). The topological polar surface area (TPSA) is 51.8 Å². The molecule has 2 heterocycles. The zero-order valence-corrected chi connectivity index (χ0v) is 27.5. The Morgan fingerprint density at radius 2 is 0.902 bits per heavy atom. The Kier molecular flexibility index (Phi) is 6.78. The van der Waals surface area contributed by atoms with Gasteiger partial charge in [-0.15, -0.1) is 0 Å². The Labute approximate surface area is 294 Å². The minimum atomic E-state index is 0.593. The molecule has 0 aliphatic carbocycles. The van der Waals surface area contributed by atoms with Gasteiger partial charge in [0, 0.05) is 33.0 Å². The van der Waals surface area contributed by atoms with Gasteiger partial charge in [0.1, 0.15) is 11.2 Å². The number of rotatable bonds is 5. The van der Waals surface area contributed by atoms with Gasteiger partial charge in [-0.2, -0.15) is 0 Å². The first-order chi connectivity index (χ1) is 25.3. The lowest BCUT2D eigenvalue weighted by Crippen LogP contribution is -2.01. The molecule has 238 valence electrons. The minimum Gasteiger partial charge on any atom is -0.455 e. The van der Waals surface area contributed by atoms with Crippen LogP contribution in [0.15, 0.2) is 180 Å². The van der Waals surface area contributed by atoms with Crippen LogP contribution in [0.4, 0.5) is 0 Å². The summed E-state index contributed by atoms with van der Waals surface area (Å²) < 4.78 is 6.83. The summed E-state index contributed by atoms with van der Waals surface area (Å²) in [4.78, 5) is 15.6. The third-order valence-electron chi connectivity index (χ3n) is 9.73. The van der Waals surface area contributed by atoms with Crippen LogP contribution in [-0.2, 0) is 0 Å². The average Bonchev–Trinajstić information content (AvgIpc) is 3.60. The summed E-state index contributed by atoms with van der Waals surface area (Å²) in [6.07, 6.45) is 0. The zero-order valence-electron chi connectivity index (χ0n) is 27.5. The first kappa shape index (κ1) is 29.0. The highest BCUT2D eigenvalue weighted by Gasteiger charge is 2.22. The third-order valence-corrected chi connectivity index (χ3v) is 9.73. The van der Waals surface area contributed by atoms with Crippen LogP contribution in [0.5, 0.6) is 0 Å². The molecule has 0 N–H and O–H groups in total. The predicted octanol–water partition coefficient (Wildman–Crippen LogP) is 12.4. The van der Waals surface area contributed by atoms with Gasteiger partial charge in [-0.05, 0) is 68.6 Å². The summed E-state index contributed by atoms with van der Waals surface area (Å²) in [5.74, 6) is 1.84. The van der Waals surface area contributed by atoms with Crippen LogP contribution in [0.25, 0.3) is 99.9 Å². The van der Waals surface area contributed by atoms with Crippen molar-refractivity contribution in [1.82, 2.24) is 15.0 Å². The van der Waals surface area contributed by atoms with Crippen molar-refractivity contribution >= 4 is 43.5 Å². The molecule has 51 heavy (non-hydrogen) atoms. The molecule has 0 aliphatic rings. The van der Waals surface area contributed by atoms with E-state index in [1.165, 1.54) is 10.8 Å². The van der Waals surface area contributed by atoms with Gasteiger partial charge < -0.3 is 4.42 Å². The summed E-state index contributed by atoms with van der Waals surface area (Å²) in [6.45, 7) is 0. The highest BCUT2D eigenvalue weighted by molar-refractivity contribution is 6.17. The molecule has 0 spiro atoms. The second-order valence-corrected chi connectivity index (χ2v) is 12.8. The highest BCUT2D eigenvalue weighted by Crippen LogP contribution is 2.43. The molecule has 10 aromatic rings. The van der Waals surface area contributed by atoms with Gasteiger partial charge in [0.15, 0.2) is 17.5 Å². The van der Waals surface area contributed by atoms with Crippen LogP contribution in [-0.4, -0.2) is 15.0 Å². The van der Waals surface area contributed by atoms with Crippen molar-refractivity contribution in [2.75, 3.05) is 0 Å². The van der Waals surface area contributed by atoms with Gasteiger partial charge in [-0.25, -0.2) is 15.0 Å². The molecule has 0 aliphatic heterocycles. The normalized spacial score (nSPS) is 11.5. The largest absolute Gasteiger partial charge is 0.455 e. The lowest BCUT2D eigenvalue weighted by atomic mass is 9.96. The van der Waals surface area contributed by atoms with Crippen molar-refractivity contribution in [2.45, 2.75) is 0 Å². The van der Waals surface area contributed by atoms with Crippen LogP contribution in [0.3, 0.4) is 0 Å². The van der Waals surface area contributed by atoms with E-state index < -0.39 is 0 Å². The van der Waals surface area contributed by atoms with Crippen molar-refractivity contribution in [1.29, 1.82) is 0 Å². The van der Waals surface area contributed by atoms with E-state index in [0.29, 0.717) is 17.5 Å². The first-order valence-electron chi connectivity index (χ1n) is 17.1. The van der Waals surface area contributed by atoms with E-state index in [0.717, 1.165) is 71.7 Å². The molecule has 0 saturated carbocycles. The number of furan rings is 1. The molecule has 0 saturated heterocycles. The van der Waals surface area contributed by atoms with Crippen molar-refractivity contribution < 1.29 is 4.42 Å². The summed E-state index contributed by atoms with van der Waals surface area (Å²) in [6, 6.07) is 60.9. The smallest absolute Gasteiger partial charge is 0.164 e. The zero-order chi connectivity index (χ0) is 33.7. The number of hydrogen-bond donors (Lipinski definition) is 0. The fourth-order valence-electron chi connectivity index (χ4n) is 7.29. The highest BCUT2D eigenvalue weighted by atomic mass is 16.3. The van der Waals surface area contributed by atoms with Crippen LogP contribution in [0.1, 0.15) is 0 Å². The summed E-state index contributed by atoms with van der Waals surface area (Å²) in [5.41, 5.74) is 8.74. The fraction of sp³-hybridized carbons (Fsp3) is 0. The molecule has 0 amide bonds. The molecule has 0 bridgehead atoms. The standard InChI is InChI=1S/C47H29N3O/c1-4-14-30(15-5-1)33-24-25-39-42(29-33)51-44-36(31-16-6-2-7-17-31)26-27-40(43(39)44)46-48-45(32-18-8-3-9-19-32)49-47(50-46)41-28-34-20-10-11-21-35(34)37-22-12-13-23-38(37)41/h1-29H. The quantitative estimate of drug-likeness (QED) is 0.174. The molecule has 8 aromatic carbocycles. The molecule has 0 fully saturated rings. The molecular formula is C47H29N3O. The molecule has 0 unspecified atom stereocenters. The molecule has 2 aromatic heterocycles. The summed E-state index contributed by atoms with van der Waals surface area (Å²) >= 11 is 0. The van der Waals surface area contributed by atoms with Crippen LogP contribution < -0.4 is 0 Å². The SMILES string of the molecule is c1ccc(-c2ccc3c(c2)oc2c(-c4ccccc4)ccc(-c4nc(-c5ccccc5)nc(-c5cc6ccccc6c6ccccc56)n4)c23)cc1.